The topological polar surface area (TPSA) is 51.8 Å². The van der Waals surface area contributed by atoms with Crippen LogP contribution in [0.3, 0.4) is 0 Å². The van der Waals surface area contributed by atoms with Crippen molar-refractivity contribution in [1.82, 2.24) is 10.2 Å². The summed E-state index contributed by atoms with van der Waals surface area (Å²) in [6.07, 6.45) is 0. The predicted octanol–water partition coefficient (Wildman–Crippen LogP) is 3.12. The van der Waals surface area contributed by atoms with E-state index in [1.54, 1.807) is 17.3 Å². The lowest BCUT2D eigenvalue weighted by molar-refractivity contribution is 1.01. The second-order valence-electron chi connectivity index (χ2n) is 2.38. The van der Waals surface area contributed by atoms with Crippen molar-refractivity contribution < 1.29 is 0 Å². The molecule has 0 aliphatic heterocycles. The summed E-state index contributed by atoms with van der Waals surface area (Å²) < 4.78 is 0.949. The molecule has 82 valence electrons. The predicted molar refractivity (Wildman–Crippen MR) is 69.4 cm³/mol. The lowest BCUT2D eigenvalue weighted by atomic mass is 10.3. The summed E-state index contributed by atoms with van der Waals surface area (Å²) in [7, 11) is 0. The van der Waals surface area contributed by atoms with Crippen molar-refractivity contribution >= 4 is 53.6 Å². The Labute approximate surface area is 108 Å². The third-order valence-corrected chi connectivity index (χ3v) is 3.21. The Morgan fingerprint density at radius 2 is 1.80 bits per heavy atom. The van der Waals surface area contributed by atoms with E-state index in [-0.39, 0.29) is 24.8 Å². The zero-order valence-corrected chi connectivity index (χ0v) is 10.8. The summed E-state index contributed by atoms with van der Waals surface area (Å²) in [6, 6.07) is 7.70. The Balaban J connectivity index is 0.000000980. The van der Waals surface area contributed by atoms with Crippen molar-refractivity contribution in [3.8, 4) is 0 Å². The van der Waals surface area contributed by atoms with Gasteiger partial charge >= 0.3 is 0 Å². The van der Waals surface area contributed by atoms with Crippen molar-refractivity contribution in [2.75, 3.05) is 5.73 Å². The minimum atomic E-state index is 0. The van der Waals surface area contributed by atoms with E-state index in [0.29, 0.717) is 0 Å². The summed E-state index contributed by atoms with van der Waals surface area (Å²) in [4.78, 5) is 1.13. The van der Waals surface area contributed by atoms with E-state index in [1.165, 1.54) is 11.3 Å². The van der Waals surface area contributed by atoms with Gasteiger partial charge in [-0.15, -0.1) is 35.0 Å². The lowest BCUT2D eigenvalue weighted by Crippen LogP contribution is -1.82. The van der Waals surface area contributed by atoms with Crippen LogP contribution in [0.25, 0.3) is 0 Å². The first-order valence-electron chi connectivity index (χ1n) is 3.64. The first-order valence-corrected chi connectivity index (χ1v) is 5.34. The molecule has 0 unspecified atom stereocenters. The van der Waals surface area contributed by atoms with E-state index in [2.05, 4.69) is 10.2 Å². The van der Waals surface area contributed by atoms with Crippen LogP contribution in [-0.4, -0.2) is 10.2 Å². The normalized spacial score (nSPS) is 8.80. The van der Waals surface area contributed by atoms with Crippen LogP contribution in [0, 0.1) is 0 Å². The molecular formula is C8H9Cl2N3S2. The first-order chi connectivity index (χ1) is 6.34. The summed E-state index contributed by atoms with van der Waals surface area (Å²) in [5, 5.41) is 7.69. The van der Waals surface area contributed by atoms with Gasteiger partial charge in [-0.1, -0.05) is 23.1 Å². The largest absolute Gasteiger partial charge is 0.399 e. The Hall–Kier alpha value is -0.490. The molecular weight excluding hydrogens is 273 g/mol. The van der Waals surface area contributed by atoms with Gasteiger partial charge < -0.3 is 5.73 Å². The first kappa shape index (κ1) is 14.5. The van der Waals surface area contributed by atoms with E-state index in [4.69, 9.17) is 5.73 Å². The average molecular weight is 282 g/mol. The van der Waals surface area contributed by atoms with Gasteiger partial charge in [0.15, 0.2) is 4.34 Å². The van der Waals surface area contributed by atoms with Crippen LogP contribution in [0.4, 0.5) is 5.69 Å². The van der Waals surface area contributed by atoms with Gasteiger partial charge in [0, 0.05) is 10.6 Å². The Morgan fingerprint density at radius 3 is 2.33 bits per heavy atom. The molecule has 0 saturated heterocycles. The molecule has 0 aliphatic rings. The monoisotopic (exact) mass is 281 g/mol. The van der Waals surface area contributed by atoms with Gasteiger partial charge in [0.1, 0.15) is 5.51 Å². The smallest absolute Gasteiger partial charge is 0.178 e. The lowest BCUT2D eigenvalue weighted by Gasteiger charge is -1.96. The molecule has 1 heterocycles. The summed E-state index contributed by atoms with van der Waals surface area (Å²) >= 11 is 3.12. The Morgan fingerprint density at radius 1 is 1.13 bits per heavy atom. The van der Waals surface area contributed by atoms with Gasteiger partial charge in [-0.3, -0.25) is 0 Å². The summed E-state index contributed by atoms with van der Waals surface area (Å²) in [5.74, 6) is 0. The van der Waals surface area contributed by atoms with Crippen LogP contribution in [0.2, 0.25) is 0 Å². The quantitative estimate of drug-likeness (QED) is 0.860. The van der Waals surface area contributed by atoms with Crippen LogP contribution in [0.15, 0.2) is 39.0 Å². The van der Waals surface area contributed by atoms with Crippen molar-refractivity contribution in [3.63, 3.8) is 0 Å². The summed E-state index contributed by atoms with van der Waals surface area (Å²) in [5.41, 5.74) is 8.07. The maximum Gasteiger partial charge on any atom is 0.178 e. The number of nitrogen functional groups attached to an aromatic ring is 1. The minimum absolute atomic E-state index is 0. The number of halogens is 2. The van der Waals surface area contributed by atoms with Gasteiger partial charge in [0.2, 0.25) is 0 Å². The zero-order valence-electron chi connectivity index (χ0n) is 7.49. The molecule has 0 spiro atoms. The molecule has 2 N–H and O–H groups in total. The van der Waals surface area contributed by atoms with E-state index in [0.717, 1.165) is 14.9 Å². The second kappa shape index (κ2) is 6.90. The van der Waals surface area contributed by atoms with E-state index < -0.39 is 0 Å². The maximum absolute atomic E-state index is 5.57. The number of hydrogen-bond acceptors (Lipinski definition) is 5. The number of nitrogens with two attached hydrogens (primary N) is 1. The fourth-order valence-corrected chi connectivity index (χ4v) is 2.29. The minimum Gasteiger partial charge on any atom is -0.399 e. The number of anilines is 1. The van der Waals surface area contributed by atoms with Gasteiger partial charge in [0.25, 0.3) is 0 Å². The number of nitrogens with zero attached hydrogens (tertiary/aromatic N) is 2. The van der Waals surface area contributed by atoms with Crippen LogP contribution in [0.1, 0.15) is 0 Å². The Kier molecular flexibility index (Phi) is 6.67. The molecule has 1 aromatic heterocycles. The maximum atomic E-state index is 5.57. The molecule has 2 aromatic rings. The van der Waals surface area contributed by atoms with E-state index in [9.17, 15) is 0 Å². The van der Waals surface area contributed by atoms with Gasteiger partial charge in [-0.05, 0) is 24.3 Å². The molecule has 7 heteroatoms. The highest BCUT2D eigenvalue weighted by Crippen LogP contribution is 2.28. The fourth-order valence-electron chi connectivity index (χ4n) is 0.844. The molecule has 0 amide bonds. The molecule has 0 radical (unpaired) electrons. The van der Waals surface area contributed by atoms with Crippen molar-refractivity contribution in [2.24, 2.45) is 0 Å². The molecule has 0 atom stereocenters. The third kappa shape index (κ3) is 4.25. The second-order valence-corrected chi connectivity index (χ2v) is 4.53. The van der Waals surface area contributed by atoms with Crippen molar-refractivity contribution in [2.45, 2.75) is 9.24 Å². The Bertz CT molecular complexity index is 377. The third-order valence-electron chi connectivity index (χ3n) is 1.43. The van der Waals surface area contributed by atoms with Crippen LogP contribution in [0.5, 0.6) is 0 Å². The van der Waals surface area contributed by atoms with Crippen LogP contribution in [-0.2, 0) is 0 Å². The molecule has 2 rings (SSSR count). The fraction of sp³-hybridized carbons (Fsp3) is 0. The van der Waals surface area contributed by atoms with E-state index >= 15 is 0 Å². The van der Waals surface area contributed by atoms with Crippen molar-refractivity contribution in [3.05, 3.63) is 29.8 Å². The molecule has 15 heavy (non-hydrogen) atoms. The van der Waals surface area contributed by atoms with Gasteiger partial charge in [0.05, 0.1) is 0 Å². The van der Waals surface area contributed by atoms with Crippen molar-refractivity contribution in [1.29, 1.82) is 0 Å². The van der Waals surface area contributed by atoms with Crippen LogP contribution < -0.4 is 5.73 Å². The van der Waals surface area contributed by atoms with Crippen LogP contribution >= 0.6 is 47.9 Å². The average Bonchev–Trinajstić information content (AvgIpc) is 2.62. The highest BCUT2D eigenvalue weighted by Gasteiger charge is 1.99. The van der Waals surface area contributed by atoms with Gasteiger partial charge in [-0.25, -0.2) is 0 Å². The number of rotatable bonds is 2. The zero-order chi connectivity index (χ0) is 9.10. The standard InChI is InChI=1S/C8H7N3S2.2ClH/c9-6-1-3-7(4-2-6)13-8-11-10-5-12-8;;/h1-5H,9H2;2*1H. The number of hydrogen-bond donors (Lipinski definition) is 1. The number of benzene rings is 1. The van der Waals surface area contributed by atoms with E-state index in [1.807, 2.05) is 24.3 Å². The molecule has 0 saturated carbocycles. The molecule has 0 aliphatic carbocycles. The SMILES string of the molecule is Cl.Cl.Nc1ccc(Sc2nncs2)cc1. The molecule has 0 fully saturated rings. The van der Waals surface area contributed by atoms with Gasteiger partial charge in [-0.2, -0.15) is 0 Å². The molecule has 1 aromatic carbocycles. The number of aromatic nitrogens is 2. The highest BCUT2D eigenvalue weighted by atomic mass is 35.5. The molecule has 3 nitrogen and oxygen atoms in total. The highest BCUT2D eigenvalue weighted by molar-refractivity contribution is 8.01. The molecule has 0 bridgehead atoms. The summed E-state index contributed by atoms with van der Waals surface area (Å²) in [6.45, 7) is 0.